The van der Waals surface area contributed by atoms with E-state index in [0.29, 0.717) is 26.3 Å². The van der Waals surface area contributed by atoms with Gasteiger partial charge in [-0.15, -0.1) is 0 Å². The SMILES string of the molecule is CC(O)c1nsc2ccc(-n3c(=O)cc(C(F)(F)F)n(C)c3=O)cc12. The topological polar surface area (TPSA) is 77.1 Å². The van der Waals surface area contributed by atoms with E-state index in [1.165, 1.54) is 19.1 Å². The maximum Gasteiger partial charge on any atom is 0.431 e. The molecule has 0 fully saturated rings. The first kappa shape index (κ1) is 17.4. The number of halogens is 3. The summed E-state index contributed by atoms with van der Waals surface area (Å²) in [6, 6.07) is 4.88. The van der Waals surface area contributed by atoms with E-state index in [1.54, 1.807) is 6.07 Å². The lowest BCUT2D eigenvalue weighted by atomic mass is 10.1. The summed E-state index contributed by atoms with van der Waals surface area (Å²) in [4.78, 5) is 24.5. The summed E-state index contributed by atoms with van der Waals surface area (Å²) in [6.07, 6.45) is -5.68. The van der Waals surface area contributed by atoms with Crippen LogP contribution in [0.15, 0.2) is 33.9 Å². The van der Waals surface area contributed by atoms with E-state index < -0.39 is 29.2 Å². The van der Waals surface area contributed by atoms with E-state index >= 15 is 0 Å². The molecule has 0 saturated carbocycles. The Bertz CT molecular complexity index is 1080. The van der Waals surface area contributed by atoms with Gasteiger partial charge in [0.1, 0.15) is 5.69 Å². The standard InChI is InChI=1S/C15H12F3N3O3S/c1-7(22)13-9-5-8(3-4-10(9)25-19-13)21-12(23)6-11(15(16,17)18)20(2)14(21)24/h3-7,22H,1-2H3. The van der Waals surface area contributed by atoms with Crippen LogP contribution >= 0.6 is 11.5 Å². The minimum absolute atomic E-state index is 0.105. The fourth-order valence-electron chi connectivity index (χ4n) is 2.52. The van der Waals surface area contributed by atoms with Gasteiger partial charge in [0.05, 0.1) is 22.2 Å². The second kappa shape index (κ2) is 5.81. The number of benzene rings is 1. The van der Waals surface area contributed by atoms with Crippen LogP contribution in [-0.4, -0.2) is 18.6 Å². The molecule has 0 radical (unpaired) electrons. The van der Waals surface area contributed by atoms with Crippen LogP contribution in [0.25, 0.3) is 15.8 Å². The molecule has 10 heteroatoms. The Kier molecular flexibility index (Phi) is 4.04. The van der Waals surface area contributed by atoms with Crippen LogP contribution in [-0.2, 0) is 13.2 Å². The van der Waals surface area contributed by atoms with Crippen LogP contribution < -0.4 is 11.2 Å². The fraction of sp³-hybridized carbons (Fsp3) is 0.267. The maximum atomic E-state index is 12.9. The molecule has 25 heavy (non-hydrogen) atoms. The van der Waals surface area contributed by atoms with E-state index in [0.717, 1.165) is 23.3 Å². The molecule has 1 atom stereocenters. The highest BCUT2D eigenvalue weighted by atomic mass is 32.1. The summed E-state index contributed by atoms with van der Waals surface area (Å²) in [5.74, 6) is 0. The molecule has 0 aliphatic carbocycles. The number of alkyl halides is 3. The van der Waals surface area contributed by atoms with Gasteiger partial charge in [0, 0.05) is 18.5 Å². The van der Waals surface area contributed by atoms with E-state index in [2.05, 4.69) is 4.37 Å². The number of hydrogen-bond donors (Lipinski definition) is 1. The number of nitrogens with zero attached hydrogens (tertiary/aromatic N) is 3. The fourth-order valence-corrected chi connectivity index (χ4v) is 3.36. The minimum Gasteiger partial charge on any atom is -0.387 e. The van der Waals surface area contributed by atoms with Gasteiger partial charge in [0.2, 0.25) is 0 Å². The molecule has 0 aliphatic rings. The predicted molar refractivity (Wildman–Crippen MR) is 86.1 cm³/mol. The van der Waals surface area contributed by atoms with Crippen molar-refractivity contribution in [3.05, 3.63) is 56.5 Å². The largest absolute Gasteiger partial charge is 0.431 e. The van der Waals surface area contributed by atoms with Crippen molar-refractivity contribution in [2.45, 2.75) is 19.2 Å². The smallest absolute Gasteiger partial charge is 0.387 e. The zero-order valence-electron chi connectivity index (χ0n) is 13.0. The van der Waals surface area contributed by atoms with E-state index in [9.17, 15) is 27.9 Å². The molecule has 3 rings (SSSR count). The van der Waals surface area contributed by atoms with Crippen LogP contribution in [0.3, 0.4) is 0 Å². The molecule has 1 aromatic carbocycles. The van der Waals surface area contributed by atoms with E-state index in [-0.39, 0.29) is 5.69 Å². The minimum atomic E-state index is -4.81. The number of aromatic nitrogens is 3. The van der Waals surface area contributed by atoms with Crippen LogP contribution in [0, 0.1) is 0 Å². The summed E-state index contributed by atoms with van der Waals surface area (Å²) < 4.78 is 44.6. The summed E-state index contributed by atoms with van der Waals surface area (Å²) in [5, 5.41) is 10.3. The number of aliphatic hydroxyl groups excluding tert-OH is 1. The van der Waals surface area contributed by atoms with Gasteiger partial charge in [-0.25, -0.2) is 9.36 Å². The molecule has 0 bridgehead atoms. The molecule has 3 aromatic rings. The van der Waals surface area contributed by atoms with Gasteiger partial charge >= 0.3 is 11.9 Å². The average Bonchev–Trinajstić information content (AvgIpc) is 2.93. The lowest BCUT2D eigenvalue weighted by Gasteiger charge is -2.14. The average molecular weight is 371 g/mol. The second-order valence-corrected chi connectivity index (χ2v) is 6.27. The normalized spacial score (nSPS) is 13.4. The number of fused-ring (bicyclic) bond motifs is 1. The zero-order chi connectivity index (χ0) is 18.5. The monoisotopic (exact) mass is 371 g/mol. The molecular weight excluding hydrogens is 359 g/mol. The Morgan fingerprint density at radius 2 is 1.92 bits per heavy atom. The molecule has 2 heterocycles. The first-order chi connectivity index (χ1) is 11.6. The predicted octanol–water partition coefficient (Wildman–Crippen LogP) is 2.22. The van der Waals surface area contributed by atoms with Gasteiger partial charge in [-0.05, 0) is 36.7 Å². The maximum absolute atomic E-state index is 12.9. The van der Waals surface area contributed by atoms with Gasteiger partial charge in [0.25, 0.3) is 5.56 Å². The summed E-state index contributed by atoms with van der Waals surface area (Å²) >= 11 is 1.13. The van der Waals surface area contributed by atoms with Crippen molar-refractivity contribution in [3.8, 4) is 5.69 Å². The summed E-state index contributed by atoms with van der Waals surface area (Å²) in [5.41, 5.74) is -3.04. The van der Waals surface area contributed by atoms with Crippen LogP contribution in [0.5, 0.6) is 0 Å². The first-order valence-corrected chi connectivity index (χ1v) is 7.86. The molecule has 0 amide bonds. The lowest BCUT2D eigenvalue weighted by molar-refractivity contribution is -0.144. The van der Waals surface area contributed by atoms with Crippen LogP contribution in [0.1, 0.15) is 24.4 Å². The third kappa shape index (κ3) is 2.87. The molecule has 0 spiro atoms. The molecule has 132 valence electrons. The van der Waals surface area contributed by atoms with Gasteiger partial charge in [-0.2, -0.15) is 17.5 Å². The molecule has 1 unspecified atom stereocenters. The molecule has 6 nitrogen and oxygen atoms in total. The van der Waals surface area contributed by atoms with Crippen molar-refractivity contribution in [2.75, 3.05) is 0 Å². The lowest BCUT2D eigenvalue weighted by Crippen LogP contribution is -2.40. The quantitative estimate of drug-likeness (QED) is 0.749. The van der Waals surface area contributed by atoms with E-state index in [4.69, 9.17) is 0 Å². The van der Waals surface area contributed by atoms with Crippen molar-refractivity contribution in [3.63, 3.8) is 0 Å². The molecule has 1 N–H and O–H groups in total. The molecular formula is C15H12F3N3O3S. The Labute approximate surface area is 142 Å². The van der Waals surface area contributed by atoms with Crippen LogP contribution in [0.4, 0.5) is 13.2 Å². The third-order valence-electron chi connectivity index (χ3n) is 3.75. The van der Waals surface area contributed by atoms with Crippen molar-refractivity contribution in [2.24, 2.45) is 7.05 Å². The first-order valence-electron chi connectivity index (χ1n) is 7.09. The summed E-state index contributed by atoms with van der Waals surface area (Å²) in [6.45, 7) is 1.52. The van der Waals surface area contributed by atoms with Crippen molar-refractivity contribution in [1.82, 2.24) is 13.5 Å². The number of rotatable bonds is 2. The van der Waals surface area contributed by atoms with Gasteiger partial charge in [-0.3, -0.25) is 9.36 Å². The molecule has 2 aromatic heterocycles. The highest BCUT2D eigenvalue weighted by Gasteiger charge is 2.35. The van der Waals surface area contributed by atoms with Crippen molar-refractivity contribution < 1.29 is 18.3 Å². The Morgan fingerprint density at radius 3 is 2.52 bits per heavy atom. The van der Waals surface area contributed by atoms with Gasteiger partial charge in [0.15, 0.2) is 0 Å². The van der Waals surface area contributed by atoms with Crippen molar-refractivity contribution in [1.29, 1.82) is 0 Å². The van der Waals surface area contributed by atoms with Crippen molar-refractivity contribution >= 4 is 21.6 Å². The highest BCUT2D eigenvalue weighted by molar-refractivity contribution is 7.13. The highest BCUT2D eigenvalue weighted by Crippen LogP contribution is 2.29. The van der Waals surface area contributed by atoms with Gasteiger partial charge < -0.3 is 5.11 Å². The van der Waals surface area contributed by atoms with E-state index in [1.807, 2.05) is 0 Å². The third-order valence-corrected chi connectivity index (χ3v) is 4.59. The summed E-state index contributed by atoms with van der Waals surface area (Å²) in [7, 11) is 0.951. The van der Waals surface area contributed by atoms with Gasteiger partial charge in [-0.1, -0.05) is 0 Å². The number of hydrogen-bond acceptors (Lipinski definition) is 5. The Hall–Kier alpha value is -2.46. The molecule has 0 aliphatic heterocycles. The zero-order valence-corrected chi connectivity index (χ0v) is 13.9. The second-order valence-electron chi connectivity index (χ2n) is 5.47. The number of aliphatic hydroxyl groups is 1. The van der Waals surface area contributed by atoms with Crippen LogP contribution in [0.2, 0.25) is 0 Å². The Balaban J connectivity index is 2.29. The Morgan fingerprint density at radius 1 is 1.24 bits per heavy atom. The molecule has 0 saturated heterocycles.